The molecule has 0 spiro atoms. The first-order valence-electron chi connectivity index (χ1n) is 7.68. The molecule has 10 heteroatoms. The number of rotatable bonds is 6. The third kappa shape index (κ3) is 5.25. The summed E-state index contributed by atoms with van der Waals surface area (Å²) in [5.74, 6) is -1.61. The molecule has 0 aromatic heterocycles. The normalized spacial score (nSPS) is 11.1. The van der Waals surface area contributed by atoms with Gasteiger partial charge in [-0.25, -0.2) is 17.5 Å². The van der Waals surface area contributed by atoms with E-state index in [1.807, 2.05) is 0 Å². The number of hydrogen-bond donors (Lipinski definition) is 2. The van der Waals surface area contributed by atoms with Gasteiger partial charge in [0.25, 0.3) is 5.91 Å². The number of benzene rings is 2. The molecule has 0 bridgehead atoms. The molecule has 0 atom stereocenters. The second-order valence-electron chi connectivity index (χ2n) is 5.57. The highest BCUT2D eigenvalue weighted by atomic mass is 35.5. The number of amides is 2. The molecule has 0 aliphatic heterocycles. The van der Waals surface area contributed by atoms with Crippen molar-refractivity contribution in [3.63, 3.8) is 0 Å². The van der Waals surface area contributed by atoms with Crippen LogP contribution in [0.5, 0.6) is 0 Å². The van der Waals surface area contributed by atoms with Crippen molar-refractivity contribution in [3.05, 3.63) is 58.9 Å². The molecule has 144 valence electrons. The third-order valence-corrected chi connectivity index (χ3v) is 5.47. The van der Waals surface area contributed by atoms with E-state index in [1.54, 1.807) is 0 Å². The second kappa shape index (κ2) is 8.47. The van der Waals surface area contributed by atoms with Crippen LogP contribution in [0.2, 0.25) is 5.02 Å². The fourth-order valence-corrected chi connectivity index (χ4v) is 3.48. The van der Waals surface area contributed by atoms with E-state index in [4.69, 9.17) is 11.6 Å². The lowest BCUT2D eigenvalue weighted by atomic mass is 10.2. The van der Waals surface area contributed by atoms with E-state index in [2.05, 4.69) is 10.0 Å². The number of carbonyl (C=O) groups excluding carboxylic acids is 2. The molecular weight excluding hydrogens is 397 g/mol. The summed E-state index contributed by atoms with van der Waals surface area (Å²) in [6.45, 7) is -0.313. The molecule has 2 N–H and O–H groups in total. The molecular formula is C17H17ClFN3O4S. The molecule has 27 heavy (non-hydrogen) atoms. The molecule has 0 unspecified atom stereocenters. The summed E-state index contributed by atoms with van der Waals surface area (Å²) in [5, 5.41) is 2.44. The van der Waals surface area contributed by atoms with Crippen LogP contribution in [0.1, 0.15) is 10.4 Å². The SMILES string of the molecule is CNS(=O)(=O)c1cc(C(=O)N(C)CC(=O)Nc2cccc(F)c2)ccc1Cl. The average molecular weight is 414 g/mol. The van der Waals surface area contributed by atoms with Crippen LogP contribution in [0.25, 0.3) is 0 Å². The highest BCUT2D eigenvalue weighted by Gasteiger charge is 2.21. The Bertz CT molecular complexity index is 982. The third-order valence-electron chi connectivity index (χ3n) is 3.57. The maximum atomic E-state index is 13.1. The van der Waals surface area contributed by atoms with Crippen LogP contribution in [0, 0.1) is 5.82 Å². The monoisotopic (exact) mass is 413 g/mol. The molecule has 0 aliphatic carbocycles. The van der Waals surface area contributed by atoms with Gasteiger partial charge < -0.3 is 10.2 Å². The van der Waals surface area contributed by atoms with Crippen molar-refractivity contribution in [2.75, 3.05) is 26.0 Å². The number of anilines is 1. The van der Waals surface area contributed by atoms with Crippen LogP contribution >= 0.6 is 11.6 Å². The lowest BCUT2D eigenvalue weighted by Gasteiger charge is -2.17. The Morgan fingerprint density at radius 1 is 1.19 bits per heavy atom. The van der Waals surface area contributed by atoms with E-state index in [9.17, 15) is 22.4 Å². The van der Waals surface area contributed by atoms with Crippen molar-refractivity contribution in [1.29, 1.82) is 0 Å². The maximum Gasteiger partial charge on any atom is 0.254 e. The first-order chi connectivity index (χ1) is 12.6. The number of likely N-dealkylation sites (N-methyl/N-ethyl adjacent to an activating group) is 1. The van der Waals surface area contributed by atoms with E-state index >= 15 is 0 Å². The molecule has 2 amide bonds. The Balaban J connectivity index is 2.13. The van der Waals surface area contributed by atoms with Gasteiger partial charge >= 0.3 is 0 Å². The predicted octanol–water partition coefficient (Wildman–Crippen LogP) is 2.10. The van der Waals surface area contributed by atoms with Gasteiger partial charge in [-0.15, -0.1) is 0 Å². The summed E-state index contributed by atoms with van der Waals surface area (Å²) in [6, 6.07) is 9.13. The molecule has 0 saturated carbocycles. The number of hydrogen-bond acceptors (Lipinski definition) is 4. The van der Waals surface area contributed by atoms with E-state index in [0.717, 1.165) is 17.0 Å². The van der Waals surface area contributed by atoms with Crippen LogP contribution < -0.4 is 10.0 Å². The van der Waals surface area contributed by atoms with Crippen molar-refractivity contribution in [2.45, 2.75) is 4.90 Å². The molecule has 0 aliphatic rings. The summed E-state index contributed by atoms with van der Waals surface area (Å²) in [6.07, 6.45) is 0. The van der Waals surface area contributed by atoms with Gasteiger partial charge in [0.15, 0.2) is 0 Å². The lowest BCUT2D eigenvalue weighted by molar-refractivity contribution is -0.116. The van der Waals surface area contributed by atoms with Gasteiger partial charge in [0, 0.05) is 18.3 Å². The van der Waals surface area contributed by atoms with Gasteiger partial charge in [-0.2, -0.15) is 0 Å². The number of nitrogens with one attached hydrogen (secondary N) is 2. The molecule has 2 aromatic carbocycles. The predicted molar refractivity (Wildman–Crippen MR) is 99.7 cm³/mol. The van der Waals surface area contributed by atoms with E-state index in [0.29, 0.717) is 0 Å². The Labute approximate surface area is 161 Å². The van der Waals surface area contributed by atoms with Crippen molar-refractivity contribution >= 4 is 39.1 Å². The van der Waals surface area contributed by atoms with Gasteiger partial charge in [-0.1, -0.05) is 17.7 Å². The molecule has 0 radical (unpaired) electrons. The van der Waals surface area contributed by atoms with Gasteiger partial charge in [0.2, 0.25) is 15.9 Å². The Morgan fingerprint density at radius 2 is 1.89 bits per heavy atom. The zero-order valence-electron chi connectivity index (χ0n) is 14.5. The van der Waals surface area contributed by atoms with Crippen molar-refractivity contribution in [1.82, 2.24) is 9.62 Å². The molecule has 0 saturated heterocycles. The first-order valence-corrected chi connectivity index (χ1v) is 9.54. The minimum atomic E-state index is -3.85. The fraction of sp³-hybridized carbons (Fsp3) is 0.176. The molecule has 7 nitrogen and oxygen atoms in total. The largest absolute Gasteiger partial charge is 0.332 e. The van der Waals surface area contributed by atoms with Crippen LogP contribution in [0.15, 0.2) is 47.4 Å². The van der Waals surface area contributed by atoms with E-state index < -0.39 is 27.7 Å². The summed E-state index contributed by atoms with van der Waals surface area (Å²) in [5.41, 5.74) is 0.309. The number of sulfonamides is 1. The van der Waals surface area contributed by atoms with Crippen LogP contribution in [-0.2, 0) is 14.8 Å². The van der Waals surface area contributed by atoms with Gasteiger partial charge in [0.05, 0.1) is 11.6 Å². The van der Waals surface area contributed by atoms with Gasteiger partial charge in [0.1, 0.15) is 10.7 Å². The number of nitrogens with zero attached hydrogens (tertiary/aromatic N) is 1. The van der Waals surface area contributed by atoms with E-state index in [1.165, 1.54) is 44.4 Å². The Morgan fingerprint density at radius 3 is 2.52 bits per heavy atom. The van der Waals surface area contributed by atoms with Crippen LogP contribution in [0.4, 0.5) is 10.1 Å². The highest BCUT2D eigenvalue weighted by molar-refractivity contribution is 7.89. The fourth-order valence-electron chi connectivity index (χ4n) is 2.23. The van der Waals surface area contributed by atoms with E-state index in [-0.39, 0.29) is 27.7 Å². The molecule has 2 rings (SSSR count). The summed E-state index contributed by atoms with van der Waals surface area (Å²) in [7, 11) is -1.24. The van der Waals surface area contributed by atoms with Gasteiger partial charge in [-0.3, -0.25) is 9.59 Å². The maximum absolute atomic E-state index is 13.1. The standard InChI is InChI=1S/C17H17ClFN3O4S/c1-20-27(25,26)15-8-11(6-7-14(15)18)17(24)22(2)10-16(23)21-13-5-3-4-12(19)9-13/h3-9,20H,10H2,1-2H3,(H,21,23). The van der Waals surface area contributed by atoms with Crippen LogP contribution in [-0.4, -0.2) is 45.8 Å². The summed E-state index contributed by atoms with van der Waals surface area (Å²) < 4.78 is 39.2. The minimum Gasteiger partial charge on any atom is -0.332 e. The average Bonchev–Trinajstić information content (AvgIpc) is 2.61. The lowest BCUT2D eigenvalue weighted by Crippen LogP contribution is -2.35. The van der Waals surface area contributed by atoms with Crippen LogP contribution in [0.3, 0.4) is 0 Å². The zero-order valence-corrected chi connectivity index (χ0v) is 16.1. The second-order valence-corrected chi connectivity index (χ2v) is 7.83. The molecule has 0 heterocycles. The first kappa shape index (κ1) is 20.8. The molecule has 0 fully saturated rings. The topological polar surface area (TPSA) is 95.6 Å². The van der Waals surface area contributed by atoms with Crippen molar-refractivity contribution in [2.24, 2.45) is 0 Å². The zero-order chi connectivity index (χ0) is 20.2. The highest BCUT2D eigenvalue weighted by Crippen LogP contribution is 2.23. The summed E-state index contributed by atoms with van der Waals surface area (Å²) in [4.78, 5) is 25.4. The smallest absolute Gasteiger partial charge is 0.254 e. The van der Waals surface area contributed by atoms with Crippen molar-refractivity contribution in [3.8, 4) is 0 Å². The van der Waals surface area contributed by atoms with Gasteiger partial charge in [-0.05, 0) is 43.4 Å². The quantitative estimate of drug-likeness (QED) is 0.758. The Kier molecular flexibility index (Phi) is 6.53. The Hall–Kier alpha value is -2.49. The number of halogens is 2. The number of carbonyl (C=O) groups is 2. The van der Waals surface area contributed by atoms with Crippen molar-refractivity contribution < 1.29 is 22.4 Å². The summed E-state index contributed by atoms with van der Waals surface area (Å²) >= 11 is 5.89. The minimum absolute atomic E-state index is 0.0348. The molecule has 2 aromatic rings.